The minimum atomic E-state index is -0.535. The molecule has 4 nitrogen and oxygen atoms in total. The first-order valence-corrected chi connectivity index (χ1v) is 4.26. The van der Waals surface area contributed by atoms with E-state index >= 15 is 0 Å². The first-order valence-electron chi connectivity index (χ1n) is 4.26. The van der Waals surface area contributed by atoms with Crippen molar-refractivity contribution in [3.05, 3.63) is 40.2 Å². The molecule has 0 unspecified atom stereocenters. The second kappa shape index (κ2) is 3.46. The smallest absolute Gasteiger partial charge is 0.337 e. The molecule has 0 saturated heterocycles. The summed E-state index contributed by atoms with van der Waals surface area (Å²) in [7, 11) is 1.52. The molecule has 0 aliphatic rings. The van der Waals surface area contributed by atoms with Gasteiger partial charge in [-0.25, -0.2) is 4.79 Å². The van der Waals surface area contributed by atoms with E-state index in [4.69, 9.17) is 14.4 Å². The molecule has 0 fully saturated rings. The predicted molar refractivity (Wildman–Crippen MR) is 53.8 cm³/mol. The van der Waals surface area contributed by atoms with Crippen LogP contribution in [0.5, 0.6) is 5.75 Å². The Bertz CT molecular complexity index is 607. The first-order chi connectivity index (χ1) is 7.24. The number of nitrogens with zero attached hydrogens (tertiary/aromatic N) is 1. The van der Waals surface area contributed by atoms with Crippen LogP contribution in [0.2, 0.25) is 0 Å². The first kappa shape index (κ1) is 9.28. The Morgan fingerprint density at radius 2 is 2.20 bits per heavy atom. The monoisotopic (exact) mass is 201 g/mol. The standard InChI is InChI=1S/C11H7NO3/c1-14-8-2-3-9-7(6-12)4-11(13)15-10(9)5-8/h2-5H,1H3. The van der Waals surface area contributed by atoms with E-state index in [1.807, 2.05) is 6.07 Å². The van der Waals surface area contributed by atoms with Gasteiger partial charge in [0, 0.05) is 17.5 Å². The average molecular weight is 201 g/mol. The van der Waals surface area contributed by atoms with E-state index < -0.39 is 5.63 Å². The zero-order valence-corrected chi connectivity index (χ0v) is 7.98. The number of nitriles is 1. The topological polar surface area (TPSA) is 63.2 Å². The second-order valence-electron chi connectivity index (χ2n) is 2.95. The summed E-state index contributed by atoms with van der Waals surface area (Å²) < 4.78 is 9.95. The Kier molecular flexibility index (Phi) is 2.14. The molecule has 0 bridgehead atoms. The van der Waals surface area contributed by atoms with E-state index in [0.717, 1.165) is 0 Å². The van der Waals surface area contributed by atoms with E-state index in [9.17, 15) is 4.79 Å². The highest BCUT2D eigenvalue weighted by atomic mass is 16.5. The van der Waals surface area contributed by atoms with Crippen molar-refractivity contribution in [2.75, 3.05) is 7.11 Å². The van der Waals surface area contributed by atoms with Gasteiger partial charge in [0.25, 0.3) is 0 Å². The van der Waals surface area contributed by atoms with Gasteiger partial charge < -0.3 is 9.15 Å². The Balaban J connectivity index is 2.85. The summed E-state index contributed by atoms with van der Waals surface area (Å²) in [6.07, 6.45) is 0. The molecule has 2 rings (SSSR count). The Morgan fingerprint density at radius 3 is 2.87 bits per heavy atom. The Hall–Kier alpha value is -2.28. The minimum Gasteiger partial charge on any atom is -0.497 e. The normalized spacial score (nSPS) is 9.87. The van der Waals surface area contributed by atoms with Crippen LogP contribution >= 0.6 is 0 Å². The average Bonchev–Trinajstić information content (AvgIpc) is 2.26. The van der Waals surface area contributed by atoms with Gasteiger partial charge in [0.2, 0.25) is 0 Å². The number of hydrogen-bond acceptors (Lipinski definition) is 4. The van der Waals surface area contributed by atoms with Crippen molar-refractivity contribution in [1.82, 2.24) is 0 Å². The van der Waals surface area contributed by atoms with Crippen LogP contribution in [-0.4, -0.2) is 7.11 Å². The molecule has 74 valence electrons. The molecule has 2 aromatic rings. The number of fused-ring (bicyclic) bond motifs is 1. The molecule has 0 aliphatic heterocycles. The van der Waals surface area contributed by atoms with Gasteiger partial charge in [-0.05, 0) is 12.1 Å². The van der Waals surface area contributed by atoms with Gasteiger partial charge in [-0.3, -0.25) is 0 Å². The van der Waals surface area contributed by atoms with Gasteiger partial charge in [0.05, 0.1) is 12.7 Å². The van der Waals surface area contributed by atoms with Gasteiger partial charge >= 0.3 is 5.63 Å². The largest absolute Gasteiger partial charge is 0.497 e. The maximum Gasteiger partial charge on any atom is 0.337 e. The van der Waals surface area contributed by atoms with Crippen LogP contribution < -0.4 is 10.4 Å². The van der Waals surface area contributed by atoms with Gasteiger partial charge in [0.1, 0.15) is 17.4 Å². The number of benzene rings is 1. The highest BCUT2D eigenvalue weighted by Gasteiger charge is 2.05. The SMILES string of the molecule is COc1ccc2c(C#N)cc(=O)oc2c1. The van der Waals surface area contributed by atoms with Crippen LogP contribution in [0.4, 0.5) is 0 Å². The molecule has 0 spiro atoms. The van der Waals surface area contributed by atoms with Crippen molar-refractivity contribution in [1.29, 1.82) is 5.26 Å². The van der Waals surface area contributed by atoms with Crippen LogP contribution in [0.3, 0.4) is 0 Å². The maximum atomic E-state index is 11.1. The van der Waals surface area contributed by atoms with E-state index in [2.05, 4.69) is 0 Å². The van der Waals surface area contributed by atoms with Gasteiger partial charge in [-0.15, -0.1) is 0 Å². The summed E-state index contributed by atoms with van der Waals surface area (Å²) in [5.74, 6) is 0.584. The molecule has 4 heteroatoms. The number of rotatable bonds is 1. The van der Waals surface area contributed by atoms with Crippen LogP contribution in [0.25, 0.3) is 11.0 Å². The summed E-state index contributed by atoms with van der Waals surface area (Å²) in [6, 6.07) is 8.11. The fraction of sp³-hybridized carbons (Fsp3) is 0.0909. The fourth-order valence-corrected chi connectivity index (χ4v) is 1.36. The molecule has 0 saturated carbocycles. The van der Waals surface area contributed by atoms with Crippen LogP contribution in [-0.2, 0) is 0 Å². The summed E-state index contributed by atoms with van der Waals surface area (Å²) in [5, 5.41) is 9.43. The van der Waals surface area contributed by atoms with E-state index in [-0.39, 0.29) is 0 Å². The van der Waals surface area contributed by atoms with E-state index in [0.29, 0.717) is 22.3 Å². The van der Waals surface area contributed by atoms with Gasteiger partial charge in [-0.1, -0.05) is 0 Å². The number of methoxy groups -OCH3 is 1. The lowest BCUT2D eigenvalue weighted by molar-refractivity contribution is 0.414. The molecule has 15 heavy (non-hydrogen) atoms. The lowest BCUT2D eigenvalue weighted by Gasteiger charge is -2.01. The maximum absolute atomic E-state index is 11.1. The fourth-order valence-electron chi connectivity index (χ4n) is 1.36. The van der Waals surface area contributed by atoms with Crippen LogP contribution in [0, 0.1) is 11.3 Å². The lowest BCUT2D eigenvalue weighted by atomic mass is 10.1. The zero-order chi connectivity index (χ0) is 10.8. The third-order valence-electron chi connectivity index (χ3n) is 2.07. The minimum absolute atomic E-state index is 0.309. The number of ether oxygens (including phenoxy) is 1. The molecule has 1 aromatic carbocycles. The molecule has 0 amide bonds. The molecule has 1 heterocycles. The van der Waals surface area contributed by atoms with Crippen LogP contribution in [0.1, 0.15) is 5.56 Å². The van der Waals surface area contributed by atoms with Crippen molar-refractivity contribution < 1.29 is 9.15 Å². The van der Waals surface area contributed by atoms with Crippen molar-refractivity contribution in [3.8, 4) is 11.8 Å². The molecule has 0 aliphatic carbocycles. The predicted octanol–water partition coefficient (Wildman–Crippen LogP) is 1.67. The van der Waals surface area contributed by atoms with E-state index in [1.54, 1.807) is 18.2 Å². The third kappa shape index (κ3) is 1.55. The van der Waals surface area contributed by atoms with Gasteiger partial charge in [-0.2, -0.15) is 5.26 Å². The number of hydrogen-bond donors (Lipinski definition) is 0. The zero-order valence-electron chi connectivity index (χ0n) is 7.98. The summed E-state index contributed by atoms with van der Waals surface area (Å²) in [6.45, 7) is 0. The molecular formula is C11H7NO3. The van der Waals surface area contributed by atoms with Crippen molar-refractivity contribution in [3.63, 3.8) is 0 Å². The molecular weight excluding hydrogens is 194 g/mol. The van der Waals surface area contributed by atoms with Gasteiger partial charge in [0.15, 0.2) is 0 Å². The summed E-state index contributed by atoms with van der Waals surface area (Å²) in [5.41, 5.74) is 0.134. The summed E-state index contributed by atoms with van der Waals surface area (Å²) >= 11 is 0. The highest BCUT2D eigenvalue weighted by molar-refractivity contribution is 5.83. The molecule has 0 N–H and O–H groups in total. The van der Waals surface area contributed by atoms with E-state index in [1.165, 1.54) is 13.2 Å². The molecule has 0 atom stereocenters. The Labute approximate surface area is 85.3 Å². The van der Waals surface area contributed by atoms with Crippen molar-refractivity contribution in [2.24, 2.45) is 0 Å². The summed E-state index contributed by atoms with van der Waals surface area (Å²) in [4.78, 5) is 11.1. The molecule has 0 radical (unpaired) electrons. The highest BCUT2D eigenvalue weighted by Crippen LogP contribution is 2.21. The van der Waals surface area contributed by atoms with Crippen molar-refractivity contribution in [2.45, 2.75) is 0 Å². The third-order valence-corrected chi connectivity index (χ3v) is 2.07. The lowest BCUT2D eigenvalue weighted by Crippen LogP contribution is -1.98. The van der Waals surface area contributed by atoms with Crippen molar-refractivity contribution >= 4 is 11.0 Å². The van der Waals surface area contributed by atoms with Crippen LogP contribution in [0.15, 0.2) is 33.5 Å². The quantitative estimate of drug-likeness (QED) is 0.658. The Morgan fingerprint density at radius 1 is 1.40 bits per heavy atom. The second-order valence-corrected chi connectivity index (χ2v) is 2.95. The molecule has 1 aromatic heterocycles.